The number of likely N-dealkylation sites (N-methyl/N-ethyl adjacent to an activating group) is 1. The first-order valence-electron chi connectivity index (χ1n) is 9.17. The van der Waals surface area contributed by atoms with Gasteiger partial charge in [0.15, 0.2) is 0 Å². The van der Waals surface area contributed by atoms with Gasteiger partial charge in [0, 0.05) is 25.0 Å². The number of alkyl carbamates (subject to hydrolysis) is 1. The van der Waals surface area contributed by atoms with E-state index in [0.29, 0.717) is 18.0 Å². The maximum atomic E-state index is 13.0. The number of nitrogens with zero attached hydrogens (tertiary/aromatic N) is 1. The molecule has 2 rings (SSSR count). The Balaban J connectivity index is 2.12. The molecule has 2 aromatic rings. The quantitative estimate of drug-likeness (QED) is 0.777. The standard InChI is InChI=1S/C22H27ClN2O3/c1-22(2,3)28-21(27)24-19(14-16-8-6-5-7-9-16)20(26)25(4)15-17-10-12-18(23)13-11-17/h5-13,19H,14-15H2,1-4H3,(H,24,27)/t19-/m1/s1. The Labute approximate surface area is 171 Å². The van der Waals surface area contributed by atoms with Crippen LogP contribution in [0.1, 0.15) is 31.9 Å². The number of hydrogen-bond acceptors (Lipinski definition) is 3. The number of hydrogen-bond donors (Lipinski definition) is 1. The minimum Gasteiger partial charge on any atom is -0.444 e. The van der Waals surface area contributed by atoms with Crippen LogP contribution in [0.25, 0.3) is 0 Å². The Morgan fingerprint density at radius 2 is 1.64 bits per heavy atom. The van der Waals surface area contributed by atoms with Crippen molar-refractivity contribution in [1.29, 1.82) is 0 Å². The second-order valence-electron chi connectivity index (χ2n) is 7.71. The SMILES string of the molecule is CN(Cc1ccc(Cl)cc1)C(=O)[C@@H](Cc1ccccc1)NC(=O)OC(C)(C)C. The van der Waals surface area contributed by atoms with Gasteiger partial charge in [0.2, 0.25) is 5.91 Å². The van der Waals surface area contributed by atoms with Crippen molar-refractivity contribution in [2.24, 2.45) is 0 Å². The van der Waals surface area contributed by atoms with E-state index in [-0.39, 0.29) is 5.91 Å². The van der Waals surface area contributed by atoms with Crippen LogP contribution in [-0.2, 0) is 22.5 Å². The summed E-state index contributed by atoms with van der Waals surface area (Å²) in [5.74, 6) is -0.190. The maximum absolute atomic E-state index is 13.0. The monoisotopic (exact) mass is 402 g/mol. The molecule has 2 amide bonds. The summed E-state index contributed by atoms with van der Waals surface area (Å²) in [7, 11) is 1.71. The first-order chi connectivity index (χ1) is 13.1. The van der Waals surface area contributed by atoms with Gasteiger partial charge in [0.05, 0.1) is 0 Å². The van der Waals surface area contributed by atoms with Crippen molar-refractivity contribution in [2.45, 2.75) is 45.4 Å². The summed E-state index contributed by atoms with van der Waals surface area (Å²) < 4.78 is 5.33. The molecule has 0 fully saturated rings. The summed E-state index contributed by atoms with van der Waals surface area (Å²) in [6, 6.07) is 16.2. The summed E-state index contributed by atoms with van der Waals surface area (Å²) in [4.78, 5) is 26.9. The zero-order chi connectivity index (χ0) is 20.7. The molecule has 0 heterocycles. The summed E-state index contributed by atoms with van der Waals surface area (Å²) in [6.45, 7) is 5.77. The van der Waals surface area contributed by atoms with Crippen molar-refractivity contribution >= 4 is 23.6 Å². The minimum atomic E-state index is -0.727. The lowest BCUT2D eigenvalue weighted by Gasteiger charge is -2.26. The van der Waals surface area contributed by atoms with Crippen LogP contribution in [0.2, 0.25) is 5.02 Å². The molecule has 0 aromatic heterocycles. The molecule has 0 radical (unpaired) electrons. The smallest absolute Gasteiger partial charge is 0.408 e. The molecule has 0 saturated carbocycles. The summed E-state index contributed by atoms with van der Waals surface area (Å²) >= 11 is 5.92. The fourth-order valence-corrected chi connectivity index (χ4v) is 2.83. The van der Waals surface area contributed by atoms with Crippen LogP contribution >= 0.6 is 11.6 Å². The molecule has 0 aliphatic carbocycles. The number of amides is 2. The van der Waals surface area contributed by atoms with Crippen LogP contribution in [0.3, 0.4) is 0 Å². The van der Waals surface area contributed by atoms with E-state index in [9.17, 15) is 9.59 Å². The Morgan fingerprint density at radius 3 is 2.21 bits per heavy atom. The Bertz CT molecular complexity index is 786. The third kappa shape index (κ3) is 7.24. The molecule has 0 spiro atoms. The van der Waals surface area contributed by atoms with E-state index in [1.54, 1.807) is 44.9 Å². The van der Waals surface area contributed by atoms with E-state index in [1.165, 1.54) is 0 Å². The molecule has 1 atom stereocenters. The topological polar surface area (TPSA) is 58.6 Å². The van der Waals surface area contributed by atoms with Crippen molar-refractivity contribution in [3.63, 3.8) is 0 Å². The number of halogens is 1. The number of nitrogens with one attached hydrogen (secondary N) is 1. The van der Waals surface area contributed by atoms with E-state index < -0.39 is 17.7 Å². The maximum Gasteiger partial charge on any atom is 0.408 e. The van der Waals surface area contributed by atoms with Gasteiger partial charge in [-0.2, -0.15) is 0 Å². The molecule has 0 saturated heterocycles. The summed E-state index contributed by atoms with van der Waals surface area (Å²) in [6.07, 6.45) is -0.231. The molecule has 5 nitrogen and oxygen atoms in total. The van der Waals surface area contributed by atoms with Crippen LogP contribution in [-0.4, -0.2) is 35.6 Å². The van der Waals surface area contributed by atoms with Crippen LogP contribution in [0, 0.1) is 0 Å². The molecule has 1 N–H and O–H groups in total. The Hall–Kier alpha value is -2.53. The van der Waals surface area contributed by atoms with E-state index in [1.807, 2.05) is 42.5 Å². The van der Waals surface area contributed by atoms with E-state index in [4.69, 9.17) is 16.3 Å². The first kappa shape index (κ1) is 21.8. The predicted octanol–water partition coefficient (Wildman–Crippen LogP) is 4.43. The van der Waals surface area contributed by atoms with E-state index in [0.717, 1.165) is 11.1 Å². The summed E-state index contributed by atoms with van der Waals surface area (Å²) in [5.41, 5.74) is 1.27. The highest BCUT2D eigenvalue weighted by Crippen LogP contribution is 2.13. The third-order valence-corrected chi connectivity index (χ3v) is 4.23. The first-order valence-corrected chi connectivity index (χ1v) is 9.55. The lowest BCUT2D eigenvalue weighted by Crippen LogP contribution is -2.49. The Morgan fingerprint density at radius 1 is 1.04 bits per heavy atom. The van der Waals surface area contributed by atoms with Crippen LogP contribution in [0.15, 0.2) is 54.6 Å². The number of benzene rings is 2. The number of rotatable bonds is 6. The lowest BCUT2D eigenvalue weighted by atomic mass is 10.0. The largest absolute Gasteiger partial charge is 0.444 e. The molecule has 2 aromatic carbocycles. The van der Waals surface area contributed by atoms with Crippen LogP contribution in [0.5, 0.6) is 0 Å². The molecule has 150 valence electrons. The summed E-state index contributed by atoms with van der Waals surface area (Å²) in [5, 5.41) is 3.37. The lowest BCUT2D eigenvalue weighted by molar-refractivity contribution is -0.132. The molecule has 6 heteroatoms. The van der Waals surface area contributed by atoms with Crippen molar-refractivity contribution in [3.05, 3.63) is 70.7 Å². The van der Waals surface area contributed by atoms with Gasteiger partial charge < -0.3 is 15.0 Å². The van der Waals surface area contributed by atoms with Crippen molar-refractivity contribution < 1.29 is 14.3 Å². The van der Waals surface area contributed by atoms with Crippen molar-refractivity contribution in [1.82, 2.24) is 10.2 Å². The zero-order valence-electron chi connectivity index (χ0n) is 16.7. The van der Waals surface area contributed by atoms with Gasteiger partial charge in [-0.25, -0.2) is 4.79 Å². The second kappa shape index (κ2) is 9.60. The van der Waals surface area contributed by atoms with Crippen molar-refractivity contribution in [2.75, 3.05) is 7.05 Å². The van der Waals surface area contributed by atoms with Crippen LogP contribution in [0.4, 0.5) is 4.79 Å². The molecule has 28 heavy (non-hydrogen) atoms. The van der Waals surface area contributed by atoms with Crippen molar-refractivity contribution in [3.8, 4) is 0 Å². The average Bonchev–Trinajstić information content (AvgIpc) is 2.61. The Kier molecular flexibility index (Phi) is 7.46. The normalized spacial score (nSPS) is 12.2. The zero-order valence-corrected chi connectivity index (χ0v) is 17.5. The molecule has 0 aliphatic rings. The van der Waals surface area contributed by atoms with Gasteiger partial charge in [-0.1, -0.05) is 54.1 Å². The number of carbonyl (C=O) groups is 2. The predicted molar refractivity (Wildman–Crippen MR) is 111 cm³/mol. The van der Waals surface area contributed by atoms with Gasteiger partial charge >= 0.3 is 6.09 Å². The number of ether oxygens (including phenoxy) is 1. The van der Waals surface area contributed by atoms with Gasteiger partial charge in [0.1, 0.15) is 11.6 Å². The van der Waals surface area contributed by atoms with E-state index in [2.05, 4.69) is 5.32 Å². The minimum absolute atomic E-state index is 0.190. The van der Waals surface area contributed by atoms with Gasteiger partial charge in [-0.3, -0.25) is 4.79 Å². The highest BCUT2D eigenvalue weighted by molar-refractivity contribution is 6.30. The fourth-order valence-electron chi connectivity index (χ4n) is 2.71. The second-order valence-corrected chi connectivity index (χ2v) is 8.15. The van der Waals surface area contributed by atoms with E-state index >= 15 is 0 Å². The molecule has 0 aliphatic heterocycles. The third-order valence-electron chi connectivity index (χ3n) is 3.98. The highest BCUT2D eigenvalue weighted by Gasteiger charge is 2.27. The molecular formula is C22H27ClN2O3. The van der Waals surface area contributed by atoms with Crippen LogP contribution < -0.4 is 5.32 Å². The van der Waals surface area contributed by atoms with Gasteiger partial charge in [-0.15, -0.1) is 0 Å². The van der Waals surface area contributed by atoms with Gasteiger partial charge in [0.25, 0.3) is 0 Å². The molecule has 0 bridgehead atoms. The average molecular weight is 403 g/mol. The van der Waals surface area contributed by atoms with Gasteiger partial charge in [-0.05, 0) is 44.0 Å². The molecular weight excluding hydrogens is 376 g/mol. The molecule has 0 unspecified atom stereocenters. The highest BCUT2D eigenvalue weighted by atomic mass is 35.5. The fraction of sp³-hybridized carbons (Fsp3) is 0.364. The number of carbonyl (C=O) groups excluding carboxylic acids is 2.